The Hall–Kier alpha value is -4.24. The monoisotopic (exact) mass is 527 g/mol. The van der Waals surface area contributed by atoms with E-state index in [4.69, 9.17) is 0 Å². The maximum atomic E-state index is 3.65. The van der Waals surface area contributed by atoms with Crippen LogP contribution in [-0.2, 0) is 0 Å². The third-order valence-corrected chi connectivity index (χ3v) is 8.03. The van der Waals surface area contributed by atoms with Gasteiger partial charge in [-0.3, -0.25) is 0 Å². The highest BCUT2D eigenvalue weighted by molar-refractivity contribution is 5.98. The molecule has 0 radical (unpaired) electrons. The van der Waals surface area contributed by atoms with Crippen LogP contribution in [0.5, 0.6) is 0 Å². The first kappa shape index (κ1) is 27.3. The molecule has 0 saturated carbocycles. The van der Waals surface area contributed by atoms with E-state index in [2.05, 4.69) is 152 Å². The first-order valence-corrected chi connectivity index (χ1v) is 14.7. The summed E-state index contributed by atoms with van der Waals surface area (Å²) in [6, 6.07) is 42.2. The fourth-order valence-electron chi connectivity index (χ4n) is 5.84. The summed E-state index contributed by atoms with van der Waals surface area (Å²) in [7, 11) is 0. The van der Waals surface area contributed by atoms with Gasteiger partial charge in [0.15, 0.2) is 0 Å². The molecule has 5 aromatic rings. The SMILES string of the molecule is CCN(CC)c1ccc(C(c2ccc(N(CC)CC)cc2)c2ccc(Nc3ccccc3)c3ccccc23)cc1. The van der Waals surface area contributed by atoms with E-state index in [0.29, 0.717) is 0 Å². The van der Waals surface area contributed by atoms with Gasteiger partial charge in [-0.15, -0.1) is 0 Å². The van der Waals surface area contributed by atoms with E-state index in [1.54, 1.807) is 0 Å². The van der Waals surface area contributed by atoms with E-state index in [1.165, 1.54) is 38.8 Å². The van der Waals surface area contributed by atoms with Crippen molar-refractivity contribution in [2.24, 2.45) is 0 Å². The van der Waals surface area contributed by atoms with Crippen LogP contribution >= 0.6 is 0 Å². The number of benzene rings is 5. The standard InChI is InChI=1S/C37H41N3/c1-5-39(6-2)31-22-18-28(19-23-31)37(29-20-24-32(25-21-29)40(7-3)8-4)35-26-27-36(34-17-13-12-16-33(34)35)38-30-14-10-9-11-15-30/h9-27,37-38H,5-8H2,1-4H3. The summed E-state index contributed by atoms with van der Waals surface area (Å²) in [6.07, 6.45) is 0. The zero-order valence-electron chi connectivity index (χ0n) is 24.3. The Morgan fingerprint density at radius 1 is 0.500 bits per heavy atom. The Kier molecular flexibility index (Phi) is 8.71. The molecule has 0 saturated heterocycles. The average molecular weight is 528 g/mol. The summed E-state index contributed by atoms with van der Waals surface area (Å²) in [4.78, 5) is 4.80. The molecule has 0 unspecified atom stereocenters. The van der Waals surface area contributed by atoms with Crippen molar-refractivity contribution < 1.29 is 0 Å². The molecule has 0 heterocycles. The topological polar surface area (TPSA) is 18.5 Å². The Labute approximate surface area is 240 Å². The maximum Gasteiger partial charge on any atom is 0.0464 e. The summed E-state index contributed by atoms with van der Waals surface area (Å²) in [5.74, 6) is 0.118. The van der Waals surface area contributed by atoms with Crippen molar-refractivity contribution in [3.05, 3.63) is 132 Å². The summed E-state index contributed by atoms with van der Waals surface area (Å²) in [5, 5.41) is 6.15. The minimum Gasteiger partial charge on any atom is -0.372 e. The van der Waals surface area contributed by atoms with Crippen LogP contribution in [0.3, 0.4) is 0 Å². The fraction of sp³-hybridized carbons (Fsp3) is 0.243. The highest BCUT2D eigenvalue weighted by Gasteiger charge is 2.21. The molecular weight excluding hydrogens is 486 g/mol. The lowest BCUT2D eigenvalue weighted by Crippen LogP contribution is -2.22. The van der Waals surface area contributed by atoms with Gasteiger partial charge >= 0.3 is 0 Å². The molecule has 0 aliphatic rings. The minimum atomic E-state index is 0.118. The van der Waals surface area contributed by atoms with Crippen LogP contribution in [0.25, 0.3) is 10.8 Å². The van der Waals surface area contributed by atoms with E-state index in [-0.39, 0.29) is 5.92 Å². The van der Waals surface area contributed by atoms with Gasteiger partial charge in [0.2, 0.25) is 0 Å². The molecule has 5 aromatic carbocycles. The van der Waals surface area contributed by atoms with Crippen molar-refractivity contribution in [3.8, 4) is 0 Å². The highest BCUT2D eigenvalue weighted by Crippen LogP contribution is 2.40. The molecule has 204 valence electrons. The zero-order valence-corrected chi connectivity index (χ0v) is 24.3. The molecule has 0 aromatic heterocycles. The molecule has 3 heteroatoms. The van der Waals surface area contributed by atoms with Crippen LogP contribution in [0.15, 0.2) is 115 Å². The number of nitrogens with one attached hydrogen (secondary N) is 1. The minimum absolute atomic E-state index is 0.118. The predicted molar refractivity (Wildman–Crippen MR) is 175 cm³/mol. The summed E-state index contributed by atoms with van der Waals surface area (Å²) < 4.78 is 0. The van der Waals surface area contributed by atoms with E-state index in [0.717, 1.165) is 37.6 Å². The quantitative estimate of drug-likeness (QED) is 0.173. The molecule has 1 N–H and O–H groups in total. The molecule has 5 rings (SSSR count). The number of hydrogen-bond acceptors (Lipinski definition) is 3. The largest absolute Gasteiger partial charge is 0.372 e. The number of fused-ring (bicyclic) bond motifs is 1. The summed E-state index contributed by atoms with van der Waals surface area (Å²) >= 11 is 0. The number of rotatable bonds is 11. The third-order valence-electron chi connectivity index (χ3n) is 8.03. The van der Waals surface area contributed by atoms with E-state index in [9.17, 15) is 0 Å². The number of hydrogen-bond donors (Lipinski definition) is 1. The molecule has 3 nitrogen and oxygen atoms in total. The van der Waals surface area contributed by atoms with Crippen molar-refractivity contribution in [2.45, 2.75) is 33.6 Å². The van der Waals surface area contributed by atoms with Crippen molar-refractivity contribution in [1.82, 2.24) is 0 Å². The molecule has 0 atom stereocenters. The first-order valence-electron chi connectivity index (χ1n) is 14.7. The Bertz CT molecular complexity index is 1440. The highest BCUT2D eigenvalue weighted by atomic mass is 15.1. The lowest BCUT2D eigenvalue weighted by molar-refractivity contribution is 0.863. The Morgan fingerprint density at radius 3 is 1.48 bits per heavy atom. The second-order valence-electron chi connectivity index (χ2n) is 10.2. The first-order chi connectivity index (χ1) is 19.7. The molecule has 0 spiro atoms. The van der Waals surface area contributed by atoms with E-state index in [1.807, 2.05) is 6.07 Å². The van der Waals surface area contributed by atoms with Crippen LogP contribution in [-0.4, -0.2) is 26.2 Å². The second kappa shape index (κ2) is 12.7. The van der Waals surface area contributed by atoms with Gasteiger partial charge in [0.25, 0.3) is 0 Å². The van der Waals surface area contributed by atoms with Gasteiger partial charge in [-0.1, -0.05) is 72.8 Å². The molecule has 0 bridgehead atoms. The Morgan fingerprint density at radius 2 is 0.975 bits per heavy atom. The maximum absolute atomic E-state index is 3.65. The van der Waals surface area contributed by atoms with Crippen molar-refractivity contribution in [3.63, 3.8) is 0 Å². The van der Waals surface area contributed by atoms with Crippen molar-refractivity contribution >= 4 is 33.5 Å². The number of para-hydroxylation sites is 1. The van der Waals surface area contributed by atoms with Crippen LogP contribution in [0, 0.1) is 0 Å². The summed E-state index contributed by atoms with van der Waals surface area (Å²) in [6.45, 7) is 12.9. The van der Waals surface area contributed by atoms with Crippen LogP contribution in [0.2, 0.25) is 0 Å². The van der Waals surface area contributed by atoms with Crippen molar-refractivity contribution in [1.29, 1.82) is 0 Å². The lowest BCUT2D eigenvalue weighted by Gasteiger charge is -2.26. The molecule has 40 heavy (non-hydrogen) atoms. The molecule has 0 amide bonds. The lowest BCUT2D eigenvalue weighted by atomic mass is 9.82. The molecule has 0 aliphatic carbocycles. The van der Waals surface area contributed by atoms with Gasteiger partial charge in [0.1, 0.15) is 0 Å². The second-order valence-corrected chi connectivity index (χ2v) is 10.2. The average Bonchev–Trinajstić information content (AvgIpc) is 3.01. The molecular formula is C37H41N3. The Balaban J connectivity index is 1.63. The van der Waals surface area contributed by atoms with Gasteiger partial charge in [-0.05, 0) is 92.2 Å². The van der Waals surface area contributed by atoms with Gasteiger partial charge in [0.05, 0.1) is 0 Å². The molecule has 0 fully saturated rings. The third kappa shape index (κ3) is 5.70. The number of nitrogens with zero attached hydrogens (tertiary/aromatic N) is 2. The fourth-order valence-corrected chi connectivity index (χ4v) is 5.84. The van der Waals surface area contributed by atoms with Crippen LogP contribution in [0.1, 0.15) is 50.3 Å². The smallest absolute Gasteiger partial charge is 0.0464 e. The predicted octanol–water partition coefficient (Wildman–Crippen LogP) is 9.46. The van der Waals surface area contributed by atoms with Crippen molar-refractivity contribution in [2.75, 3.05) is 41.3 Å². The van der Waals surface area contributed by atoms with E-state index < -0.39 is 0 Å². The zero-order chi connectivity index (χ0) is 27.9. The number of anilines is 4. The van der Waals surface area contributed by atoms with Gasteiger partial charge in [-0.25, -0.2) is 0 Å². The van der Waals surface area contributed by atoms with Gasteiger partial charge < -0.3 is 15.1 Å². The van der Waals surface area contributed by atoms with Crippen LogP contribution < -0.4 is 15.1 Å². The molecule has 0 aliphatic heterocycles. The van der Waals surface area contributed by atoms with E-state index >= 15 is 0 Å². The summed E-state index contributed by atoms with van der Waals surface area (Å²) in [5.41, 5.74) is 8.70. The van der Waals surface area contributed by atoms with Gasteiger partial charge in [-0.2, -0.15) is 0 Å². The van der Waals surface area contributed by atoms with Crippen LogP contribution in [0.4, 0.5) is 22.7 Å². The van der Waals surface area contributed by atoms with Gasteiger partial charge in [0, 0.05) is 60.2 Å². The normalized spacial score (nSPS) is 11.1.